The minimum Gasteiger partial charge on any atom is -0.382 e. The number of aliphatic hydroxyl groups is 1. The molecule has 0 aliphatic carbocycles. The summed E-state index contributed by atoms with van der Waals surface area (Å²) in [5.74, 6) is 0.982. The number of carbonyl (C=O) groups excluding carboxylic acids is 1. The van der Waals surface area contributed by atoms with Gasteiger partial charge in [0.05, 0.1) is 16.8 Å². The van der Waals surface area contributed by atoms with E-state index < -0.39 is 5.60 Å². The number of rotatable bonds is 7. The van der Waals surface area contributed by atoms with Crippen LogP contribution in [0, 0.1) is 0 Å². The summed E-state index contributed by atoms with van der Waals surface area (Å²) >= 11 is 0. The van der Waals surface area contributed by atoms with Gasteiger partial charge in [-0.3, -0.25) is 9.78 Å². The molecule has 0 spiro atoms. The van der Waals surface area contributed by atoms with E-state index >= 15 is 0 Å². The van der Waals surface area contributed by atoms with Gasteiger partial charge in [-0.05, 0) is 25.5 Å². The number of anilines is 1. The van der Waals surface area contributed by atoms with Crippen molar-refractivity contribution in [3.63, 3.8) is 0 Å². The van der Waals surface area contributed by atoms with Gasteiger partial charge in [0.15, 0.2) is 5.82 Å². The first-order valence-electron chi connectivity index (χ1n) is 11.0. The first-order valence-corrected chi connectivity index (χ1v) is 11.0. The molecule has 4 aromatic rings. The molecule has 0 aliphatic heterocycles. The van der Waals surface area contributed by atoms with Gasteiger partial charge in [0.1, 0.15) is 17.7 Å². The van der Waals surface area contributed by atoms with Gasteiger partial charge in [-0.2, -0.15) is 13.5 Å². The molecule has 1 atom stereocenters. The van der Waals surface area contributed by atoms with E-state index in [0.717, 1.165) is 22.0 Å². The number of hydrogen-bond donors (Lipinski definition) is 3. The zero-order valence-electron chi connectivity index (χ0n) is 20.1. The van der Waals surface area contributed by atoms with Crippen LogP contribution in [0.5, 0.6) is 0 Å². The van der Waals surface area contributed by atoms with Crippen molar-refractivity contribution in [3.05, 3.63) is 72.2 Å². The van der Waals surface area contributed by atoms with Crippen molar-refractivity contribution < 1.29 is 9.90 Å². The molecule has 1 aromatic carbocycles. The van der Waals surface area contributed by atoms with Gasteiger partial charge in [-0.1, -0.05) is 25.1 Å². The molecule has 0 unspecified atom stereocenters. The predicted molar refractivity (Wildman–Crippen MR) is 141 cm³/mol. The second-order valence-electron chi connectivity index (χ2n) is 8.61. The Bertz CT molecular complexity index is 1320. The van der Waals surface area contributed by atoms with Gasteiger partial charge >= 0.3 is 0 Å². The lowest BCUT2D eigenvalue weighted by atomic mass is 9.96. The summed E-state index contributed by atoms with van der Waals surface area (Å²) in [6.45, 7) is 5.98. The first-order chi connectivity index (χ1) is 16.3. The van der Waals surface area contributed by atoms with Crippen molar-refractivity contribution in [1.29, 1.82) is 0 Å². The quantitative estimate of drug-likeness (QED) is 0.359. The van der Waals surface area contributed by atoms with Crippen molar-refractivity contribution >= 4 is 36.1 Å². The van der Waals surface area contributed by atoms with Gasteiger partial charge in [-0.25, -0.2) is 19.9 Å². The fraction of sp³-hybridized carbons (Fsp3) is 0.280. The van der Waals surface area contributed by atoms with Crippen molar-refractivity contribution in [2.24, 2.45) is 0 Å². The Balaban J connectivity index is 0.00000342. The molecule has 10 heteroatoms. The number of para-hydroxylation sites is 1. The van der Waals surface area contributed by atoms with Crippen LogP contribution in [0.4, 0.5) is 5.82 Å². The maximum atomic E-state index is 12.2. The SMILES string of the molecule is CNC(=O)c1ccnc2c([C@H](C)CNc3cc(-c4cnc(C(C)(C)O)nc4)ncn3)cccc12.S. The van der Waals surface area contributed by atoms with Gasteiger partial charge in [-0.15, -0.1) is 0 Å². The molecule has 182 valence electrons. The van der Waals surface area contributed by atoms with Crippen LogP contribution in [0.1, 0.15) is 48.4 Å². The molecule has 0 aliphatic rings. The lowest BCUT2D eigenvalue weighted by molar-refractivity contribution is 0.0687. The van der Waals surface area contributed by atoms with Gasteiger partial charge < -0.3 is 15.7 Å². The number of fused-ring (bicyclic) bond motifs is 1. The van der Waals surface area contributed by atoms with Crippen LogP contribution in [0.25, 0.3) is 22.2 Å². The highest BCUT2D eigenvalue weighted by Gasteiger charge is 2.19. The molecule has 3 heterocycles. The molecule has 0 radical (unpaired) electrons. The lowest BCUT2D eigenvalue weighted by Crippen LogP contribution is -2.19. The first kappa shape index (κ1) is 26.0. The van der Waals surface area contributed by atoms with Gasteiger partial charge in [0, 0.05) is 55.1 Å². The average molecular weight is 492 g/mol. The molecule has 0 saturated carbocycles. The highest BCUT2D eigenvalue weighted by Crippen LogP contribution is 2.27. The van der Waals surface area contributed by atoms with Crippen molar-refractivity contribution in [1.82, 2.24) is 30.2 Å². The number of carbonyl (C=O) groups is 1. The fourth-order valence-electron chi connectivity index (χ4n) is 3.68. The zero-order valence-corrected chi connectivity index (χ0v) is 21.1. The number of amides is 1. The maximum Gasteiger partial charge on any atom is 0.251 e. The van der Waals surface area contributed by atoms with Crippen LogP contribution in [0.15, 0.2) is 55.2 Å². The number of nitrogens with zero attached hydrogens (tertiary/aromatic N) is 5. The molecular formula is C25H29N7O2S. The second kappa shape index (κ2) is 10.7. The zero-order chi connectivity index (χ0) is 24.3. The Kier molecular flexibility index (Phi) is 7.98. The summed E-state index contributed by atoms with van der Waals surface area (Å²) in [7, 11) is 1.62. The second-order valence-corrected chi connectivity index (χ2v) is 8.61. The van der Waals surface area contributed by atoms with Crippen LogP contribution in [-0.4, -0.2) is 49.5 Å². The Morgan fingerprint density at radius 1 is 1.09 bits per heavy atom. The average Bonchev–Trinajstić information content (AvgIpc) is 2.85. The molecule has 0 fully saturated rings. The highest BCUT2D eigenvalue weighted by atomic mass is 32.1. The predicted octanol–water partition coefficient (Wildman–Crippen LogP) is 3.40. The lowest BCUT2D eigenvalue weighted by Gasteiger charge is -2.17. The number of hydrogen-bond acceptors (Lipinski definition) is 8. The summed E-state index contributed by atoms with van der Waals surface area (Å²) < 4.78 is 0. The maximum absolute atomic E-state index is 12.2. The standard InChI is InChI=1S/C25H27N7O2.H2S/c1-15(17-6-5-7-18-19(23(33)26-4)8-9-27-22(17)18)11-28-21-10-20(31-14-32-21)16-12-29-24(30-13-16)25(2,3)34;/h5-10,12-15,34H,11H2,1-4H3,(H,26,33)(H,28,31,32);1H2/t15-;/m1./s1. The third-order valence-electron chi connectivity index (χ3n) is 5.56. The molecule has 3 aromatic heterocycles. The van der Waals surface area contributed by atoms with E-state index in [-0.39, 0.29) is 25.3 Å². The molecule has 4 rings (SSSR count). The molecule has 1 amide bonds. The minimum atomic E-state index is -1.11. The van der Waals surface area contributed by atoms with E-state index in [1.165, 1.54) is 6.33 Å². The molecule has 3 N–H and O–H groups in total. The van der Waals surface area contributed by atoms with Crippen LogP contribution >= 0.6 is 13.5 Å². The summed E-state index contributed by atoms with van der Waals surface area (Å²) in [5.41, 5.74) is 2.75. The van der Waals surface area contributed by atoms with Gasteiger partial charge in [0.2, 0.25) is 0 Å². The van der Waals surface area contributed by atoms with Crippen LogP contribution < -0.4 is 10.6 Å². The van der Waals surface area contributed by atoms with Crippen LogP contribution in [0.2, 0.25) is 0 Å². The molecule has 9 nitrogen and oxygen atoms in total. The number of aromatic nitrogens is 5. The van der Waals surface area contributed by atoms with E-state index in [0.29, 0.717) is 29.4 Å². The Labute approximate surface area is 210 Å². The topological polar surface area (TPSA) is 126 Å². The van der Waals surface area contributed by atoms with E-state index in [9.17, 15) is 9.90 Å². The van der Waals surface area contributed by atoms with E-state index in [1.807, 2.05) is 24.3 Å². The molecule has 0 saturated heterocycles. The Hall–Kier alpha value is -3.63. The van der Waals surface area contributed by atoms with E-state index in [1.54, 1.807) is 45.6 Å². The largest absolute Gasteiger partial charge is 0.382 e. The summed E-state index contributed by atoms with van der Waals surface area (Å²) in [6, 6.07) is 9.46. The van der Waals surface area contributed by atoms with E-state index in [2.05, 4.69) is 42.5 Å². The van der Waals surface area contributed by atoms with Crippen LogP contribution in [0.3, 0.4) is 0 Å². The summed E-state index contributed by atoms with van der Waals surface area (Å²) in [5, 5.41) is 16.9. The Morgan fingerprint density at radius 3 is 2.51 bits per heavy atom. The Morgan fingerprint density at radius 2 is 1.83 bits per heavy atom. The molecule has 0 bridgehead atoms. The number of benzene rings is 1. The van der Waals surface area contributed by atoms with Gasteiger partial charge in [0.25, 0.3) is 5.91 Å². The van der Waals surface area contributed by atoms with Crippen LogP contribution in [-0.2, 0) is 5.60 Å². The smallest absolute Gasteiger partial charge is 0.251 e. The third kappa shape index (κ3) is 5.72. The van der Waals surface area contributed by atoms with Crippen molar-refractivity contribution in [2.75, 3.05) is 18.9 Å². The minimum absolute atomic E-state index is 0. The fourth-order valence-corrected chi connectivity index (χ4v) is 3.68. The monoisotopic (exact) mass is 491 g/mol. The van der Waals surface area contributed by atoms with Crippen molar-refractivity contribution in [2.45, 2.75) is 32.3 Å². The normalized spacial score (nSPS) is 12.0. The molecular weight excluding hydrogens is 462 g/mol. The summed E-state index contributed by atoms with van der Waals surface area (Å²) in [6.07, 6.45) is 6.43. The summed E-state index contributed by atoms with van der Waals surface area (Å²) in [4.78, 5) is 33.9. The highest BCUT2D eigenvalue weighted by molar-refractivity contribution is 7.59. The molecule has 35 heavy (non-hydrogen) atoms. The van der Waals surface area contributed by atoms with E-state index in [4.69, 9.17) is 0 Å². The number of nitrogens with one attached hydrogen (secondary N) is 2. The third-order valence-corrected chi connectivity index (χ3v) is 5.56. The van der Waals surface area contributed by atoms with Crippen molar-refractivity contribution in [3.8, 4) is 11.3 Å². The number of pyridine rings is 1.